The summed E-state index contributed by atoms with van der Waals surface area (Å²) in [6.07, 6.45) is -0.232. The summed E-state index contributed by atoms with van der Waals surface area (Å²) >= 11 is 0. The van der Waals surface area contributed by atoms with Crippen molar-refractivity contribution in [1.29, 1.82) is 5.26 Å². The van der Waals surface area contributed by atoms with Crippen LogP contribution in [0.25, 0.3) is 11.3 Å². The van der Waals surface area contributed by atoms with Crippen LogP contribution >= 0.6 is 0 Å². The smallest absolute Gasteiger partial charge is 0.135 e. The predicted octanol–water partition coefficient (Wildman–Crippen LogP) is 2.14. The summed E-state index contributed by atoms with van der Waals surface area (Å²) in [5.41, 5.74) is 0.344. The third kappa shape index (κ3) is 3.30. The van der Waals surface area contributed by atoms with Crippen molar-refractivity contribution in [3.63, 3.8) is 0 Å². The lowest BCUT2D eigenvalue weighted by Gasteiger charge is -2.39. The van der Waals surface area contributed by atoms with Crippen molar-refractivity contribution in [1.82, 2.24) is 4.90 Å². The maximum atomic E-state index is 10.0. The number of nitriles is 1. The number of aliphatic hydroxyl groups excluding tert-OH is 1. The highest BCUT2D eigenvalue weighted by Crippen LogP contribution is 2.27. The van der Waals surface area contributed by atoms with Crippen LogP contribution in [0.4, 0.5) is 0 Å². The van der Waals surface area contributed by atoms with Crippen molar-refractivity contribution in [2.75, 3.05) is 13.1 Å². The molecule has 5 heteroatoms. The van der Waals surface area contributed by atoms with Crippen molar-refractivity contribution < 1.29 is 14.6 Å². The fraction of sp³-hybridized carbons (Fsp3) is 0.389. The Morgan fingerprint density at radius 3 is 2.87 bits per heavy atom. The molecule has 1 aromatic heterocycles. The molecule has 3 rings (SSSR count). The molecule has 1 aliphatic heterocycles. The van der Waals surface area contributed by atoms with Crippen molar-refractivity contribution in [2.24, 2.45) is 0 Å². The van der Waals surface area contributed by atoms with E-state index >= 15 is 0 Å². The topological polar surface area (TPSA) is 80.6 Å². The lowest BCUT2D eigenvalue weighted by molar-refractivity contribution is -0.109. The van der Waals surface area contributed by atoms with E-state index in [1.54, 1.807) is 13.0 Å². The van der Waals surface area contributed by atoms with Crippen molar-refractivity contribution in [3.05, 3.63) is 47.7 Å². The molecule has 1 aromatic carbocycles. The molecular weight excluding hydrogens is 292 g/mol. The van der Waals surface area contributed by atoms with Gasteiger partial charge in [0.2, 0.25) is 0 Å². The molecule has 2 N–H and O–H groups in total. The third-order valence-electron chi connectivity index (χ3n) is 4.44. The van der Waals surface area contributed by atoms with Gasteiger partial charge in [0.1, 0.15) is 11.5 Å². The lowest BCUT2D eigenvalue weighted by Crippen LogP contribution is -2.53. The quantitative estimate of drug-likeness (QED) is 0.907. The molecule has 23 heavy (non-hydrogen) atoms. The van der Waals surface area contributed by atoms with Crippen LogP contribution in [-0.4, -0.2) is 39.9 Å². The van der Waals surface area contributed by atoms with E-state index in [0.29, 0.717) is 37.4 Å². The van der Waals surface area contributed by atoms with Gasteiger partial charge >= 0.3 is 0 Å². The molecule has 0 bridgehead atoms. The van der Waals surface area contributed by atoms with Gasteiger partial charge in [0, 0.05) is 18.7 Å². The summed E-state index contributed by atoms with van der Waals surface area (Å²) < 4.78 is 5.87. The molecule has 5 nitrogen and oxygen atoms in total. The van der Waals surface area contributed by atoms with E-state index in [4.69, 9.17) is 4.42 Å². The van der Waals surface area contributed by atoms with E-state index in [1.165, 1.54) is 0 Å². The van der Waals surface area contributed by atoms with E-state index < -0.39 is 11.7 Å². The second-order valence-electron chi connectivity index (χ2n) is 6.28. The van der Waals surface area contributed by atoms with Gasteiger partial charge in [0.15, 0.2) is 0 Å². The molecule has 0 amide bonds. The number of piperidine rings is 1. The monoisotopic (exact) mass is 312 g/mol. The van der Waals surface area contributed by atoms with Crippen molar-refractivity contribution in [2.45, 2.75) is 31.6 Å². The molecule has 120 valence electrons. The van der Waals surface area contributed by atoms with Gasteiger partial charge in [-0.2, -0.15) is 5.26 Å². The first-order valence-electron chi connectivity index (χ1n) is 7.70. The first-order valence-corrected chi connectivity index (χ1v) is 7.70. The third-order valence-corrected chi connectivity index (χ3v) is 4.44. The molecule has 2 aromatic rings. The van der Waals surface area contributed by atoms with Crippen LogP contribution in [0.2, 0.25) is 0 Å². The number of nitrogens with zero attached hydrogens (tertiary/aromatic N) is 2. The predicted molar refractivity (Wildman–Crippen MR) is 85.4 cm³/mol. The summed E-state index contributed by atoms with van der Waals surface area (Å²) in [6, 6.07) is 13.3. The Bertz CT molecular complexity index is 730. The Kier molecular flexibility index (Phi) is 4.22. The minimum absolute atomic E-state index is 0.414. The van der Waals surface area contributed by atoms with E-state index in [9.17, 15) is 15.5 Å². The van der Waals surface area contributed by atoms with Crippen LogP contribution < -0.4 is 0 Å². The van der Waals surface area contributed by atoms with E-state index in [-0.39, 0.29) is 0 Å². The van der Waals surface area contributed by atoms with Crippen molar-refractivity contribution in [3.8, 4) is 17.4 Å². The molecule has 0 unspecified atom stereocenters. The van der Waals surface area contributed by atoms with Gasteiger partial charge in [-0.25, -0.2) is 0 Å². The fourth-order valence-electron chi connectivity index (χ4n) is 2.85. The van der Waals surface area contributed by atoms with E-state index in [1.807, 2.05) is 30.3 Å². The maximum Gasteiger partial charge on any atom is 0.135 e. The van der Waals surface area contributed by atoms with Crippen LogP contribution in [0, 0.1) is 11.3 Å². The summed E-state index contributed by atoms with van der Waals surface area (Å²) in [5.74, 6) is 1.45. The van der Waals surface area contributed by atoms with Crippen LogP contribution in [0.1, 0.15) is 24.7 Å². The van der Waals surface area contributed by atoms with Crippen LogP contribution in [0.3, 0.4) is 0 Å². The number of benzene rings is 1. The van der Waals surface area contributed by atoms with Crippen LogP contribution in [0.15, 0.2) is 40.8 Å². The van der Waals surface area contributed by atoms with Gasteiger partial charge in [-0.1, -0.05) is 12.1 Å². The normalized spacial score (nSPS) is 25.2. The Labute approximate surface area is 135 Å². The number of furan rings is 1. The Morgan fingerprint density at radius 2 is 2.13 bits per heavy atom. The number of rotatable bonds is 3. The van der Waals surface area contributed by atoms with Gasteiger partial charge in [0.25, 0.3) is 0 Å². The summed E-state index contributed by atoms with van der Waals surface area (Å²) in [5, 5.41) is 29.2. The first kappa shape index (κ1) is 15.8. The van der Waals surface area contributed by atoms with E-state index in [0.717, 1.165) is 11.3 Å². The van der Waals surface area contributed by atoms with Gasteiger partial charge < -0.3 is 14.6 Å². The second-order valence-corrected chi connectivity index (χ2v) is 6.28. The molecule has 1 aliphatic rings. The average Bonchev–Trinajstić information content (AvgIpc) is 2.99. The highest BCUT2D eigenvalue weighted by molar-refractivity contribution is 5.66. The highest BCUT2D eigenvalue weighted by Gasteiger charge is 2.36. The van der Waals surface area contributed by atoms with Crippen molar-refractivity contribution >= 4 is 0 Å². The minimum Gasteiger partial charge on any atom is -0.460 e. The molecule has 0 saturated carbocycles. The minimum atomic E-state index is -1.02. The first-order chi connectivity index (χ1) is 11.0. The number of β-amino-alcohol motifs (C(OH)–C–C–N with tert-alkyl or cyclic N) is 1. The van der Waals surface area contributed by atoms with Gasteiger partial charge in [-0.05, 0) is 37.6 Å². The number of hydrogen-bond acceptors (Lipinski definition) is 5. The molecule has 0 radical (unpaired) electrons. The Morgan fingerprint density at radius 1 is 1.35 bits per heavy atom. The molecule has 2 atom stereocenters. The van der Waals surface area contributed by atoms with E-state index in [2.05, 4.69) is 11.0 Å². The lowest BCUT2D eigenvalue weighted by atomic mass is 9.91. The van der Waals surface area contributed by atoms with Crippen LogP contribution in [0.5, 0.6) is 0 Å². The molecule has 0 spiro atoms. The SMILES string of the molecule is C[C@@]1(O)CCN(Cc2ccc(-c3ccccc3C#N)o2)C[C@H]1O. The summed E-state index contributed by atoms with van der Waals surface area (Å²) in [6.45, 7) is 3.35. The second kappa shape index (κ2) is 6.17. The maximum absolute atomic E-state index is 10.0. The van der Waals surface area contributed by atoms with Gasteiger partial charge in [0.05, 0.1) is 29.9 Å². The fourth-order valence-corrected chi connectivity index (χ4v) is 2.85. The number of aliphatic hydroxyl groups is 2. The highest BCUT2D eigenvalue weighted by atomic mass is 16.3. The molecule has 0 aliphatic carbocycles. The van der Waals surface area contributed by atoms with Gasteiger partial charge in [-0.3, -0.25) is 4.90 Å². The zero-order chi connectivity index (χ0) is 16.4. The molecule has 1 fully saturated rings. The van der Waals surface area contributed by atoms with Crippen LogP contribution in [-0.2, 0) is 6.54 Å². The summed E-state index contributed by atoms with van der Waals surface area (Å²) in [7, 11) is 0. The number of hydrogen-bond donors (Lipinski definition) is 2. The Hall–Kier alpha value is -2.13. The summed E-state index contributed by atoms with van der Waals surface area (Å²) in [4.78, 5) is 2.06. The zero-order valence-electron chi connectivity index (χ0n) is 13.1. The average molecular weight is 312 g/mol. The molecule has 2 heterocycles. The Balaban J connectivity index is 1.72. The standard InChI is InChI=1S/C18H20N2O3/c1-18(22)8-9-20(12-17(18)21)11-14-6-7-16(23-14)15-5-3-2-4-13(15)10-19/h2-7,17,21-22H,8-9,11-12H2,1H3/t17-,18-/m1/s1. The van der Waals surface area contributed by atoms with Gasteiger partial charge in [-0.15, -0.1) is 0 Å². The number of likely N-dealkylation sites (tertiary alicyclic amines) is 1. The molecule has 1 saturated heterocycles. The largest absolute Gasteiger partial charge is 0.460 e. The zero-order valence-corrected chi connectivity index (χ0v) is 13.1. The molecular formula is C18H20N2O3.